The lowest BCUT2D eigenvalue weighted by molar-refractivity contribution is -0.131. The Morgan fingerprint density at radius 3 is 2.48 bits per heavy atom. The zero-order valence-corrected chi connectivity index (χ0v) is 13.7. The Hall–Kier alpha value is -1.62. The Kier molecular flexibility index (Phi) is 3.85. The molecule has 1 amide bonds. The molecule has 112 valence electrons. The van der Waals surface area contributed by atoms with Crippen LogP contribution in [0.3, 0.4) is 0 Å². The van der Waals surface area contributed by atoms with Crippen molar-refractivity contribution in [1.82, 2.24) is 9.88 Å². The number of anilines is 1. The molecule has 1 aromatic carbocycles. The van der Waals surface area contributed by atoms with Gasteiger partial charge >= 0.3 is 0 Å². The summed E-state index contributed by atoms with van der Waals surface area (Å²) in [6, 6.07) is 4.30. The van der Waals surface area contributed by atoms with Gasteiger partial charge < -0.3 is 9.80 Å². The minimum absolute atomic E-state index is 0.255. The number of aromatic nitrogens is 1. The molecule has 1 aliphatic heterocycles. The van der Waals surface area contributed by atoms with Gasteiger partial charge in [-0.1, -0.05) is 30.4 Å². The molecule has 0 radical (unpaired) electrons. The molecule has 0 bridgehead atoms. The van der Waals surface area contributed by atoms with Crippen molar-refractivity contribution >= 4 is 32.6 Å². The first kappa shape index (κ1) is 14.3. The van der Waals surface area contributed by atoms with Gasteiger partial charge in [0.05, 0.1) is 10.2 Å². The Labute approximate surface area is 129 Å². The van der Waals surface area contributed by atoms with Crippen molar-refractivity contribution in [3.8, 4) is 0 Å². The highest BCUT2D eigenvalue weighted by atomic mass is 32.1. The third kappa shape index (κ3) is 2.62. The number of amides is 1. The summed E-state index contributed by atoms with van der Waals surface area (Å²) in [5, 5.41) is 1.09. The fourth-order valence-corrected chi connectivity index (χ4v) is 3.92. The van der Waals surface area contributed by atoms with Crippen molar-refractivity contribution in [3.63, 3.8) is 0 Å². The molecule has 2 aromatic rings. The molecule has 0 spiro atoms. The zero-order chi connectivity index (χ0) is 15.0. The normalized spacial score (nSPS) is 15.8. The maximum Gasteiger partial charge on any atom is 0.222 e. The summed E-state index contributed by atoms with van der Waals surface area (Å²) in [5.74, 6) is 0.255. The Morgan fingerprint density at radius 2 is 1.86 bits per heavy atom. The van der Waals surface area contributed by atoms with E-state index in [0.29, 0.717) is 6.42 Å². The second-order valence-corrected chi connectivity index (χ2v) is 6.57. The number of aryl methyl sites for hydroxylation is 2. The van der Waals surface area contributed by atoms with Crippen molar-refractivity contribution in [2.75, 3.05) is 31.1 Å². The highest BCUT2D eigenvalue weighted by molar-refractivity contribution is 7.22. The van der Waals surface area contributed by atoms with Crippen LogP contribution in [0, 0.1) is 13.8 Å². The van der Waals surface area contributed by atoms with E-state index in [1.807, 2.05) is 11.8 Å². The maximum absolute atomic E-state index is 11.7. The molecular weight excluding hydrogens is 282 g/mol. The van der Waals surface area contributed by atoms with Crippen molar-refractivity contribution < 1.29 is 4.79 Å². The Morgan fingerprint density at radius 1 is 1.19 bits per heavy atom. The maximum atomic E-state index is 11.7. The summed E-state index contributed by atoms with van der Waals surface area (Å²) in [4.78, 5) is 20.8. The van der Waals surface area contributed by atoms with Gasteiger partial charge in [-0.2, -0.15) is 0 Å². The lowest BCUT2D eigenvalue weighted by Crippen LogP contribution is -2.48. The molecule has 0 N–H and O–H groups in total. The van der Waals surface area contributed by atoms with Gasteiger partial charge in [-0.25, -0.2) is 4.98 Å². The Balaban J connectivity index is 1.81. The lowest BCUT2D eigenvalue weighted by atomic mass is 10.1. The van der Waals surface area contributed by atoms with E-state index in [4.69, 9.17) is 4.98 Å². The second-order valence-electron chi connectivity index (χ2n) is 5.59. The number of benzene rings is 1. The molecule has 0 atom stereocenters. The molecule has 4 nitrogen and oxygen atoms in total. The predicted octanol–water partition coefficient (Wildman–Crippen LogP) is 2.97. The molecule has 0 unspecified atom stereocenters. The van der Waals surface area contributed by atoms with Gasteiger partial charge in [-0.3, -0.25) is 4.79 Å². The van der Waals surface area contributed by atoms with E-state index >= 15 is 0 Å². The van der Waals surface area contributed by atoms with Crippen LogP contribution in [-0.4, -0.2) is 42.0 Å². The number of thiazole rings is 1. The van der Waals surface area contributed by atoms with Crippen molar-refractivity contribution in [2.45, 2.75) is 27.2 Å². The van der Waals surface area contributed by atoms with E-state index in [9.17, 15) is 4.79 Å². The number of rotatable bonds is 2. The largest absolute Gasteiger partial charge is 0.345 e. The monoisotopic (exact) mass is 303 g/mol. The average molecular weight is 303 g/mol. The molecule has 2 heterocycles. The quantitative estimate of drug-likeness (QED) is 0.856. The van der Waals surface area contributed by atoms with E-state index in [1.54, 1.807) is 11.3 Å². The van der Waals surface area contributed by atoms with Crippen LogP contribution in [0.25, 0.3) is 10.2 Å². The van der Waals surface area contributed by atoms with Crippen LogP contribution in [-0.2, 0) is 4.79 Å². The van der Waals surface area contributed by atoms with E-state index in [2.05, 4.69) is 30.9 Å². The van der Waals surface area contributed by atoms with Gasteiger partial charge in [0.1, 0.15) is 0 Å². The van der Waals surface area contributed by atoms with Gasteiger partial charge in [-0.05, 0) is 25.0 Å². The Bertz CT molecular complexity index is 632. The first-order chi connectivity index (χ1) is 10.1. The molecule has 1 aromatic heterocycles. The molecule has 1 saturated heterocycles. The molecule has 3 rings (SSSR count). The van der Waals surface area contributed by atoms with E-state index in [1.165, 1.54) is 15.8 Å². The van der Waals surface area contributed by atoms with E-state index in [0.717, 1.165) is 36.8 Å². The SMILES string of the molecule is CCC(=O)N1CCN(c2nc3c(C)ccc(C)c3s2)CC1. The standard InChI is InChI=1S/C16H21N3OS/c1-4-13(20)18-7-9-19(10-8-18)16-17-14-11(2)5-6-12(3)15(14)21-16/h5-6H,4,7-10H2,1-3H3. The van der Waals surface area contributed by atoms with Gasteiger partial charge in [0.2, 0.25) is 5.91 Å². The first-order valence-electron chi connectivity index (χ1n) is 7.49. The highest BCUT2D eigenvalue weighted by Gasteiger charge is 2.22. The first-order valence-corrected chi connectivity index (χ1v) is 8.31. The summed E-state index contributed by atoms with van der Waals surface area (Å²) in [7, 11) is 0. The molecule has 1 aliphatic rings. The van der Waals surface area contributed by atoms with Crippen LogP contribution in [0.1, 0.15) is 24.5 Å². The second kappa shape index (κ2) is 5.64. The van der Waals surface area contributed by atoms with Gasteiger partial charge in [0, 0.05) is 32.6 Å². The third-order valence-corrected chi connectivity index (χ3v) is 5.39. The van der Waals surface area contributed by atoms with Crippen LogP contribution in [0.15, 0.2) is 12.1 Å². The number of hydrogen-bond acceptors (Lipinski definition) is 4. The van der Waals surface area contributed by atoms with Crippen LogP contribution in [0.4, 0.5) is 5.13 Å². The fraction of sp³-hybridized carbons (Fsp3) is 0.500. The van der Waals surface area contributed by atoms with Gasteiger partial charge in [-0.15, -0.1) is 0 Å². The van der Waals surface area contributed by atoms with E-state index in [-0.39, 0.29) is 5.91 Å². The van der Waals surface area contributed by atoms with Crippen LogP contribution < -0.4 is 4.90 Å². The van der Waals surface area contributed by atoms with Crippen LogP contribution in [0.5, 0.6) is 0 Å². The topological polar surface area (TPSA) is 36.4 Å². The van der Waals surface area contributed by atoms with Crippen LogP contribution in [0.2, 0.25) is 0 Å². The fourth-order valence-electron chi connectivity index (χ4n) is 2.75. The lowest BCUT2D eigenvalue weighted by Gasteiger charge is -2.34. The molecule has 0 aliphatic carbocycles. The smallest absolute Gasteiger partial charge is 0.222 e. The van der Waals surface area contributed by atoms with Crippen molar-refractivity contribution in [2.24, 2.45) is 0 Å². The molecule has 21 heavy (non-hydrogen) atoms. The van der Waals surface area contributed by atoms with Gasteiger partial charge in [0.15, 0.2) is 5.13 Å². The number of carbonyl (C=O) groups excluding carboxylic acids is 1. The third-order valence-electron chi connectivity index (χ3n) is 4.14. The summed E-state index contributed by atoms with van der Waals surface area (Å²) < 4.78 is 1.29. The number of piperazine rings is 1. The summed E-state index contributed by atoms with van der Waals surface area (Å²) >= 11 is 1.77. The molecular formula is C16H21N3OS. The number of hydrogen-bond donors (Lipinski definition) is 0. The van der Waals surface area contributed by atoms with Gasteiger partial charge in [0.25, 0.3) is 0 Å². The zero-order valence-electron chi connectivity index (χ0n) is 12.8. The minimum Gasteiger partial charge on any atom is -0.345 e. The van der Waals surface area contributed by atoms with Crippen molar-refractivity contribution in [3.05, 3.63) is 23.3 Å². The predicted molar refractivity (Wildman–Crippen MR) is 88.2 cm³/mol. The minimum atomic E-state index is 0.255. The summed E-state index contributed by atoms with van der Waals surface area (Å²) in [6.07, 6.45) is 0.597. The molecule has 1 fully saturated rings. The number of carbonyl (C=O) groups is 1. The summed E-state index contributed by atoms with van der Waals surface area (Å²) in [5.41, 5.74) is 3.65. The summed E-state index contributed by atoms with van der Waals surface area (Å²) in [6.45, 7) is 9.55. The van der Waals surface area contributed by atoms with E-state index < -0.39 is 0 Å². The number of fused-ring (bicyclic) bond motifs is 1. The highest BCUT2D eigenvalue weighted by Crippen LogP contribution is 2.33. The average Bonchev–Trinajstić information content (AvgIpc) is 2.97. The number of nitrogens with zero attached hydrogens (tertiary/aromatic N) is 3. The molecule has 0 saturated carbocycles. The van der Waals surface area contributed by atoms with Crippen molar-refractivity contribution in [1.29, 1.82) is 0 Å². The van der Waals surface area contributed by atoms with Crippen LogP contribution >= 0.6 is 11.3 Å². The molecule has 5 heteroatoms.